The second-order valence-corrected chi connectivity index (χ2v) is 4.89. The summed E-state index contributed by atoms with van der Waals surface area (Å²) >= 11 is 5.87. The minimum atomic E-state index is -0.482. The molecule has 0 amide bonds. The molecule has 0 bridgehead atoms. The van der Waals surface area contributed by atoms with Gasteiger partial charge in [0.15, 0.2) is 0 Å². The number of aryl methyl sites for hydroxylation is 1. The largest absolute Gasteiger partial charge is 0.364 e. The minimum absolute atomic E-state index is 0.0469. The quantitative estimate of drug-likeness (QED) is 0.504. The number of pyridine rings is 1. The van der Waals surface area contributed by atoms with Gasteiger partial charge in [0.05, 0.1) is 4.92 Å². The van der Waals surface area contributed by atoms with Crippen molar-refractivity contribution >= 4 is 23.0 Å². The summed E-state index contributed by atoms with van der Waals surface area (Å²) in [6.07, 6.45) is 1.87. The first kappa shape index (κ1) is 13.0. The molecule has 6 nitrogen and oxygen atoms in total. The highest BCUT2D eigenvalue weighted by Gasteiger charge is 2.27. The third kappa shape index (κ3) is 2.54. The summed E-state index contributed by atoms with van der Waals surface area (Å²) in [5, 5.41) is 11.0. The minimum Gasteiger partial charge on any atom is -0.364 e. The first-order valence-electron chi connectivity index (χ1n) is 5.81. The molecule has 1 aromatic rings. The molecule has 1 aromatic heterocycles. The highest BCUT2D eigenvalue weighted by molar-refractivity contribution is 6.32. The van der Waals surface area contributed by atoms with Crippen LogP contribution in [-0.4, -0.2) is 29.0 Å². The molecule has 0 unspecified atom stereocenters. The van der Waals surface area contributed by atoms with Crippen LogP contribution in [0.15, 0.2) is 6.07 Å². The van der Waals surface area contributed by atoms with Crippen molar-refractivity contribution in [2.45, 2.75) is 25.8 Å². The van der Waals surface area contributed by atoms with E-state index in [1.807, 2.05) is 4.90 Å². The number of hydrogen-bond acceptors (Lipinski definition) is 5. The normalized spacial score (nSPS) is 19.9. The molecule has 0 radical (unpaired) electrons. The van der Waals surface area contributed by atoms with E-state index in [0.717, 1.165) is 19.4 Å². The lowest BCUT2D eigenvalue weighted by Gasteiger charge is -2.32. The van der Waals surface area contributed by atoms with Gasteiger partial charge in [0, 0.05) is 24.8 Å². The average Bonchev–Trinajstić information content (AvgIpc) is 2.27. The van der Waals surface area contributed by atoms with Crippen molar-refractivity contribution in [3.8, 4) is 0 Å². The van der Waals surface area contributed by atoms with E-state index >= 15 is 0 Å². The standard InChI is InChI=1S/C11H15ClN4O2/c1-7-5-9(10(16(17)18)11(12)14-7)15-4-2-3-8(13)6-15/h5,8H,2-4,6,13H2,1H3/t8-/m1/s1. The molecule has 1 aliphatic rings. The van der Waals surface area contributed by atoms with Gasteiger partial charge in [-0.15, -0.1) is 0 Å². The molecule has 7 heteroatoms. The first-order chi connectivity index (χ1) is 8.49. The monoisotopic (exact) mass is 270 g/mol. The lowest BCUT2D eigenvalue weighted by atomic mass is 10.1. The number of nitro groups is 1. The van der Waals surface area contributed by atoms with Crippen molar-refractivity contribution in [1.29, 1.82) is 0 Å². The van der Waals surface area contributed by atoms with Crippen LogP contribution >= 0.6 is 11.6 Å². The highest BCUT2D eigenvalue weighted by Crippen LogP contribution is 2.35. The molecule has 1 atom stereocenters. The Hall–Kier alpha value is -1.40. The summed E-state index contributed by atoms with van der Waals surface area (Å²) in [6.45, 7) is 3.14. The van der Waals surface area contributed by atoms with E-state index in [9.17, 15) is 10.1 Å². The molecule has 98 valence electrons. The number of hydrogen-bond donors (Lipinski definition) is 1. The van der Waals surface area contributed by atoms with Gasteiger partial charge in [-0.25, -0.2) is 4.98 Å². The summed E-state index contributed by atoms with van der Waals surface area (Å²) in [6, 6.07) is 1.74. The Morgan fingerprint density at radius 1 is 1.67 bits per heavy atom. The lowest BCUT2D eigenvalue weighted by molar-refractivity contribution is -0.384. The van der Waals surface area contributed by atoms with Gasteiger partial charge >= 0.3 is 5.69 Å². The molecule has 2 heterocycles. The van der Waals surface area contributed by atoms with Gasteiger partial charge in [-0.3, -0.25) is 10.1 Å². The van der Waals surface area contributed by atoms with Crippen LogP contribution in [0, 0.1) is 17.0 Å². The van der Waals surface area contributed by atoms with Crippen molar-refractivity contribution in [2.75, 3.05) is 18.0 Å². The Balaban J connectivity index is 2.44. The summed E-state index contributed by atoms with van der Waals surface area (Å²) in [5.41, 5.74) is 6.96. The van der Waals surface area contributed by atoms with Gasteiger partial charge in [0.1, 0.15) is 5.69 Å². The molecular formula is C11H15ClN4O2. The second kappa shape index (κ2) is 5.07. The van der Waals surface area contributed by atoms with Crippen LogP contribution in [0.3, 0.4) is 0 Å². The molecule has 0 saturated carbocycles. The van der Waals surface area contributed by atoms with Gasteiger partial charge in [-0.1, -0.05) is 11.6 Å². The number of nitrogens with two attached hydrogens (primary N) is 1. The zero-order chi connectivity index (χ0) is 13.3. The molecule has 2 rings (SSSR count). The lowest BCUT2D eigenvalue weighted by Crippen LogP contribution is -2.43. The van der Waals surface area contributed by atoms with Gasteiger partial charge < -0.3 is 10.6 Å². The number of aromatic nitrogens is 1. The molecule has 0 aromatic carbocycles. The van der Waals surface area contributed by atoms with E-state index in [1.165, 1.54) is 0 Å². The van der Waals surface area contributed by atoms with E-state index in [2.05, 4.69) is 4.98 Å². The Labute approximate surface area is 110 Å². The fourth-order valence-electron chi connectivity index (χ4n) is 2.25. The first-order valence-corrected chi connectivity index (χ1v) is 6.19. The predicted octanol–water partition coefficient (Wildman–Crippen LogP) is 1.88. The Morgan fingerprint density at radius 2 is 2.39 bits per heavy atom. The Morgan fingerprint density at radius 3 is 3.00 bits per heavy atom. The van der Waals surface area contributed by atoms with Crippen LogP contribution in [0.2, 0.25) is 5.15 Å². The van der Waals surface area contributed by atoms with E-state index in [0.29, 0.717) is 17.9 Å². The van der Waals surface area contributed by atoms with Crippen molar-refractivity contribution in [1.82, 2.24) is 4.98 Å². The molecule has 18 heavy (non-hydrogen) atoms. The van der Waals surface area contributed by atoms with E-state index < -0.39 is 4.92 Å². The van der Waals surface area contributed by atoms with Crippen LogP contribution in [0.5, 0.6) is 0 Å². The van der Waals surface area contributed by atoms with Crippen molar-refractivity contribution in [3.05, 3.63) is 27.0 Å². The van der Waals surface area contributed by atoms with Crippen molar-refractivity contribution in [2.24, 2.45) is 5.73 Å². The maximum atomic E-state index is 11.1. The zero-order valence-corrected chi connectivity index (χ0v) is 10.9. The maximum Gasteiger partial charge on any atom is 0.329 e. The molecule has 0 aliphatic carbocycles. The van der Waals surface area contributed by atoms with Crippen LogP contribution in [0.4, 0.5) is 11.4 Å². The predicted molar refractivity (Wildman–Crippen MR) is 70.1 cm³/mol. The fraction of sp³-hybridized carbons (Fsp3) is 0.545. The molecule has 2 N–H and O–H groups in total. The Bertz CT molecular complexity index is 480. The summed E-state index contributed by atoms with van der Waals surface area (Å²) in [4.78, 5) is 16.5. The second-order valence-electron chi connectivity index (χ2n) is 4.53. The third-order valence-electron chi connectivity index (χ3n) is 3.04. The summed E-state index contributed by atoms with van der Waals surface area (Å²) < 4.78 is 0. The number of piperidine rings is 1. The summed E-state index contributed by atoms with van der Waals surface area (Å²) in [7, 11) is 0. The number of halogens is 1. The summed E-state index contributed by atoms with van der Waals surface area (Å²) in [5.74, 6) is 0. The molecule has 0 spiro atoms. The van der Waals surface area contributed by atoms with Crippen LogP contribution in [0.25, 0.3) is 0 Å². The van der Waals surface area contributed by atoms with Gasteiger partial charge in [0.25, 0.3) is 0 Å². The fourth-order valence-corrected chi connectivity index (χ4v) is 2.55. The average molecular weight is 271 g/mol. The van der Waals surface area contributed by atoms with Gasteiger partial charge in [0.2, 0.25) is 5.15 Å². The molecular weight excluding hydrogens is 256 g/mol. The van der Waals surface area contributed by atoms with E-state index in [-0.39, 0.29) is 16.9 Å². The van der Waals surface area contributed by atoms with Crippen LogP contribution < -0.4 is 10.6 Å². The van der Waals surface area contributed by atoms with E-state index in [1.54, 1.807) is 13.0 Å². The van der Waals surface area contributed by atoms with Gasteiger partial charge in [-0.05, 0) is 25.8 Å². The van der Waals surface area contributed by atoms with E-state index in [4.69, 9.17) is 17.3 Å². The Kier molecular flexibility index (Phi) is 3.68. The topological polar surface area (TPSA) is 85.3 Å². The van der Waals surface area contributed by atoms with Crippen molar-refractivity contribution < 1.29 is 4.92 Å². The van der Waals surface area contributed by atoms with Crippen LogP contribution in [-0.2, 0) is 0 Å². The highest BCUT2D eigenvalue weighted by atomic mass is 35.5. The number of nitrogens with zero attached hydrogens (tertiary/aromatic N) is 3. The third-order valence-corrected chi connectivity index (χ3v) is 3.30. The maximum absolute atomic E-state index is 11.1. The van der Waals surface area contributed by atoms with Crippen LogP contribution in [0.1, 0.15) is 18.5 Å². The molecule has 1 aliphatic heterocycles. The zero-order valence-electron chi connectivity index (χ0n) is 10.1. The van der Waals surface area contributed by atoms with Crippen molar-refractivity contribution in [3.63, 3.8) is 0 Å². The van der Waals surface area contributed by atoms with Gasteiger partial charge in [-0.2, -0.15) is 0 Å². The SMILES string of the molecule is Cc1cc(N2CCC[C@@H](N)C2)c([N+](=O)[O-])c(Cl)n1. The number of anilines is 1. The molecule has 1 fully saturated rings. The number of rotatable bonds is 2. The smallest absolute Gasteiger partial charge is 0.329 e. The molecule has 1 saturated heterocycles.